The van der Waals surface area contributed by atoms with Crippen LogP contribution >= 0.6 is 0 Å². The summed E-state index contributed by atoms with van der Waals surface area (Å²) in [6.07, 6.45) is 0.792. The molecule has 0 unspecified atom stereocenters. The molecule has 0 amide bonds. The molecule has 0 aliphatic heterocycles. The van der Waals surface area contributed by atoms with Crippen molar-refractivity contribution in [1.82, 2.24) is 9.78 Å². The number of aliphatic hydroxyl groups excluding tert-OH is 1. The highest BCUT2D eigenvalue weighted by Gasteiger charge is 2.42. The van der Waals surface area contributed by atoms with Gasteiger partial charge >= 0.3 is 0 Å². The molecule has 1 N–H and O–H groups in total. The molecule has 8 heteroatoms. The monoisotopic (exact) mass is 490 g/mol. The Labute approximate surface area is 199 Å². The third-order valence-corrected chi connectivity index (χ3v) is 13.9. The number of sulfone groups is 1. The third-order valence-electron chi connectivity index (χ3n) is 7.28. The lowest BCUT2D eigenvalue weighted by Gasteiger charge is -2.37. The lowest BCUT2D eigenvalue weighted by atomic mass is 9.97. The molecule has 182 valence electrons. The minimum Gasteiger partial charge on any atom is -0.413 e. The van der Waals surface area contributed by atoms with Gasteiger partial charge in [-0.2, -0.15) is 5.10 Å². The van der Waals surface area contributed by atoms with Crippen molar-refractivity contribution in [3.05, 3.63) is 58.8 Å². The van der Waals surface area contributed by atoms with Crippen LogP contribution in [0.1, 0.15) is 51.5 Å². The first kappa shape index (κ1) is 25.9. The summed E-state index contributed by atoms with van der Waals surface area (Å²) >= 11 is 0. The zero-order chi connectivity index (χ0) is 24.4. The largest absolute Gasteiger partial charge is 0.413 e. The van der Waals surface area contributed by atoms with Crippen LogP contribution in [0, 0.1) is 19.8 Å². The van der Waals surface area contributed by atoms with Crippen molar-refractivity contribution in [2.75, 3.05) is 0 Å². The number of benzene rings is 1. The van der Waals surface area contributed by atoms with Gasteiger partial charge in [0.1, 0.15) is 0 Å². The summed E-state index contributed by atoms with van der Waals surface area (Å²) in [5, 5.41) is 15.8. The smallest absolute Gasteiger partial charge is 0.204 e. The molecule has 0 fully saturated rings. The number of hydrogen-bond acceptors (Lipinski definition) is 5. The second-order valence-electron chi connectivity index (χ2n) is 9.26. The van der Waals surface area contributed by atoms with Gasteiger partial charge in [-0.1, -0.05) is 45.9 Å². The molecule has 33 heavy (non-hydrogen) atoms. The Hall–Kier alpha value is -1.74. The maximum absolute atomic E-state index is 13.8. The van der Waals surface area contributed by atoms with Crippen molar-refractivity contribution in [3.63, 3.8) is 0 Å². The lowest BCUT2D eigenvalue weighted by Crippen LogP contribution is -2.44. The maximum Gasteiger partial charge on any atom is 0.204 e. The minimum absolute atomic E-state index is 0.196. The summed E-state index contributed by atoms with van der Waals surface area (Å²) in [5.41, 5.74) is 1.72. The maximum atomic E-state index is 13.8. The van der Waals surface area contributed by atoms with Gasteiger partial charge in [-0.05, 0) is 62.7 Å². The first-order valence-electron chi connectivity index (χ1n) is 12.0. The van der Waals surface area contributed by atoms with E-state index in [1.807, 2.05) is 26.8 Å². The standard InChI is InChI=1S/C25H38N2O4SSi/c1-7-33(8-2,9-3)31-24-16-22(27-19(5)15-18(4)26-27)25(17-23(28)20(24)6)32(29,30)21-13-11-10-12-14-21/h10-15,17,20,22-24,28H,7-9,16H2,1-6H3/t20-,22-,23-,24-/m0/s1. The van der Waals surface area contributed by atoms with Crippen molar-refractivity contribution < 1.29 is 18.0 Å². The van der Waals surface area contributed by atoms with E-state index in [9.17, 15) is 13.5 Å². The lowest BCUT2D eigenvalue weighted by molar-refractivity contribution is 0.0478. The van der Waals surface area contributed by atoms with Crippen molar-refractivity contribution >= 4 is 18.2 Å². The Bertz CT molecular complexity index is 1070. The van der Waals surface area contributed by atoms with E-state index in [0.29, 0.717) is 6.42 Å². The Morgan fingerprint density at radius 2 is 1.73 bits per heavy atom. The van der Waals surface area contributed by atoms with E-state index < -0.39 is 30.3 Å². The Morgan fingerprint density at radius 3 is 2.24 bits per heavy atom. The molecule has 1 aromatic heterocycles. The fourth-order valence-electron chi connectivity index (χ4n) is 4.86. The number of aromatic nitrogens is 2. The summed E-state index contributed by atoms with van der Waals surface area (Å²) in [5.74, 6) is -0.232. The van der Waals surface area contributed by atoms with Crippen molar-refractivity contribution in [2.24, 2.45) is 5.92 Å². The number of allylic oxidation sites excluding steroid dienone is 1. The van der Waals surface area contributed by atoms with Crippen LogP contribution in [0.5, 0.6) is 0 Å². The molecule has 1 aromatic carbocycles. The Balaban J connectivity index is 2.15. The van der Waals surface area contributed by atoms with Gasteiger partial charge in [0, 0.05) is 11.6 Å². The van der Waals surface area contributed by atoms with Crippen LogP contribution in [0.3, 0.4) is 0 Å². The first-order valence-corrected chi connectivity index (χ1v) is 16.0. The zero-order valence-electron chi connectivity index (χ0n) is 20.7. The summed E-state index contributed by atoms with van der Waals surface area (Å²) in [6.45, 7) is 12.3. The highest BCUT2D eigenvalue weighted by Crippen LogP contribution is 2.40. The van der Waals surface area contributed by atoms with Gasteiger partial charge in [-0.15, -0.1) is 0 Å². The highest BCUT2D eigenvalue weighted by atomic mass is 32.2. The van der Waals surface area contributed by atoms with Crippen molar-refractivity contribution in [1.29, 1.82) is 0 Å². The number of nitrogens with zero attached hydrogens (tertiary/aromatic N) is 2. The van der Waals surface area contributed by atoms with Gasteiger partial charge in [-0.3, -0.25) is 4.68 Å². The van der Waals surface area contributed by atoms with Crippen LogP contribution in [-0.4, -0.2) is 43.8 Å². The van der Waals surface area contributed by atoms with Gasteiger partial charge in [0.2, 0.25) is 9.84 Å². The molecule has 0 radical (unpaired) electrons. The molecule has 1 heterocycles. The van der Waals surface area contributed by atoms with Crippen molar-refractivity contribution in [2.45, 2.75) is 89.2 Å². The van der Waals surface area contributed by atoms with E-state index >= 15 is 0 Å². The quantitative estimate of drug-likeness (QED) is 0.515. The van der Waals surface area contributed by atoms with Crippen LogP contribution in [0.2, 0.25) is 18.1 Å². The third kappa shape index (κ3) is 5.19. The van der Waals surface area contributed by atoms with E-state index in [1.54, 1.807) is 35.0 Å². The molecule has 6 nitrogen and oxygen atoms in total. The van der Waals surface area contributed by atoms with Crippen LogP contribution in [0.25, 0.3) is 0 Å². The zero-order valence-corrected chi connectivity index (χ0v) is 22.5. The molecule has 0 saturated heterocycles. The van der Waals surface area contributed by atoms with Crippen LogP contribution in [-0.2, 0) is 14.3 Å². The summed E-state index contributed by atoms with van der Waals surface area (Å²) < 4.78 is 36.3. The first-order chi connectivity index (χ1) is 15.6. The average molecular weight is 491 g/mol. The number of aryl methyl sites for hydroxylation is 2. The van der Waals surface area contributed by atoms with Crippen LogP contribution < -0.4 is 0 Å². The molecular weight excluding hydrogens is 452 g/mol. The fraction of sp³-hybridized carbons (Fsp3) is 0.560. The van der Waals surface area contributed by atoms with E-state index in [2.05, 4.69) is 25.9 Å². The highest BCUT2D eigenvalue weighted by molar-refractivity contribution is 7.95. The number of aliphatic hydroxyl groups is 1. The Morgan fingerprint density at radius 1 is 1.12 bits per heavy atom. The molecule has 0 bridgehead atoms. The van der Waals surface area contributed by atoms with Crippen molar-refractivity contribution in [3.8, 4) is 0 Å². The van der Waals surface area contributed by atoms with Gasteiger partial charge in [0.25, 0.3) is 0 Å². The van der Waals surface area contributed by atoms with Gasteiger partial charge < -0.3 is 9.53 Å². The fourth-order valence-corrected chi connectivity index (χ4v) is 9.48. The normalized spacial score (nSPS) is 24.4. The average Bonchev–Trinajstić information content (AvgIpc) is 3.09. The SMILES string of the molecule is CC[Si](CC)(CC)O[C@H]1C[C@H](n2nc(C)cc2C)C(S(=O)(=O)c2ccccc2)=C[C@H](O)[C@@H]1C. The number of rotatable bonds is 8. The molecule has 1 aliphatic rings. The van der Waals surface area contributed by atoms with E-state index in [4.69, 9.17) is 4.43 Å². The van der Waals surface area contributed by atoms with Gasteiger partial charge in [0.05, 0.1) is 33.7 Å². The van der Waals surface area contributed by atoms with Crippen LogP contribution in [0.15, 0.2) is 52.3 Å². The molecule has 2 aromatic rings. The van der Waals surface area contributed by atoms with Gasteiger partial charge in [0.15, 0.2) is 8.32 Å². The van der Waals surface area contributed by atoms with E-state index in [0.717, 1.165) is 29.5 Å². The minimum atomic E-state index is -3.83. The molecule has 0 saturated carbocycles. The topological polar surface area (TPSA) is 81.4 Å². The molecular formula is C25H38N2O4SSi. The van der Waals surface area contributed by atoms with E-state index in [-0.39, 0.29) is 21.8 Å². The second-order valence-corrected chi connectivity index (χ2v) is 15.9. The number of hydrogen-bond donors (Lipinski definition) is 1. The Kier molecular flexibility index (Phi) is 8.04. The van der Waals surface area contributed by atoms with E-state index in [1.165, 1.54) is 6.08 Å². The van der Waals surface area contributed by atoms with Gasteiger partial charge in [-0.25, -0.2) is 8.42 Å². The molecule has 1 aliphatic carbocycles. The molecule has 0 spiro atoms. The molecule has 4 atom stereocenters. The summed E-state index contributed by atoms with van der Waals surface area (Å²) in [6, 6.07) is 12.8. The van der Waals surface area contributed by atoms with Crippen LogP contribution in [0.4, 0.5) is 0 Å². The summed E-state index contributed by atoms with van der Waals surface area (Å²) in [4.78, 5) is 0.420. The molecule has 3 rings (SSSR count). The second kappa shape index (κ2) is 10.3. The summed E-state index contributed by atoms with van der Waals surface area (Å²) in [7, 11) is -5.82. The predicted molar refractivity (Wildman–Crippen MR) is 134 cm³/mol. The predicted octanol–water partition coefficient (Wildman–Crippen LogP) is 5.19.